The maximum Gasteiger partial charge on any atom is 0.255 e. The first-order chi connectivity index (χ1) is 18.5. The number of fused-ring (bicyclic) bond motifs is 1. The van der Waals surface area contributed by atoms with Crippen LogP contribution in [0.4, 0.5) is 11.4 Å². The largest absolute Gasteiger partial charge is 0.366 e. The van der Waals surface area contributed by atoms with E-state index in [4.69, 9.17) is 23.2 Å². The molecule has 7 heteroatoms. The van der Waals surface area contributed by atoms with Gasteiger partial charge in [0.1, 0.15) is 0 Å². The molecule has 0 saturated carbocycles. The van der Waals surface area contributed by atoms with Crippen LogP contribution in [0, 0.1) is 0 Å². The van der Waals surface area contributed by atoms with Gasteiger partial charge >= 0.3 is 0 Å². The summed E-state index contributed by atoms with van der Waals surface area (Å²) in [4.78, 5) is 28.6. The van der Waals surface area contributed by atoms with Crippen molar-refractivity contribution in [3.05, 3.63) is 129 Å². The van der Waals surface area contributed by atoms with Crippen LogP contribution in [-0.2, 0) is 19.4 Å². The third-order valence-corrected chi connectivity index (χ3v) is 7.43. The van der Waals surface area contributed by atoms with Gasteiger partial charge in [-0.05, 0) is 65.9 Å². The standard InChI is InChI=1S/C31H27Cl2N3O2/c32-27-12-10-23(18-28(27)33)30(37)35-25-11-13-29(36-17-15-22-8-4-5-9-24(22)20-36)26(19-25)31(38)34-16-14-21-6-2-1-3-7-21/h1-13,18-19H,14-17,20H2,(H,34,38)(H,35,37). The summed E-state index contributed by atoms with van der Waals surface area (Å²) in [5, 5.41) is 6.63. The number of halogens is 2. The number of benzene rings is 4. The van der Waals surface area contributed by atoms with Crippen molar-refractivity contribution < 1.29 is 9.59 Å². The van der Waals surface area contributed by atoms with E-state index < -0.39 is 0 Å². The third kappa shape index (κ3) is 6.01. The Labute approximate surface area is 232 Å². The highest BCUT2D eigenvalue weighted by molar-refractivity contribution is 6.42. The minimum absolute atomic E-state index is 0.180. The molecule has 0 aliphatic carbocycles. The molecule has 1 aliphatic rings. The lowest BCUT2D eigenvalue weighted by atomic mass is 9.98. The van der Waals surface area contributed by atoms with Crippen molar-refractivity contribution in [3.8, 4) is 0 Å². The molecule has 4 aromatic rings. The Balaban J connectivity index is 1.39. The highest BCUT2D eigenvalue weighted by Crippen LogP contribution is 2.30. The van der Waals surface area contributed by atoms with Crippen molar-refractivity contribution >= 4 is 46.4 Å². The van der Waals surface area contributed by atoms with E-state index in [0.717, 1.165) is 37.2 Å². The number of rotatable bonds is 7. The van der Waals surface area contributed by atoms with Crippen LogP contribution in [0.15, 0.2) is 91.0 Å². The molecule has 0 atom stereocenters. The molecule has 2 amide bonds. The molecule has 38 heavy (non-hydrogen) atoms. The van der Waals surface area contributed by atoms with Crippen LogP contribution in [-0.4, -0.2) is 24.9 Å². The molecule has 0 fully saturated rings. The minimum Gasteiger partial charge on any atom is -0.366 e. The van der Waals surface area contributed by atoms with E-state index in [1.807, 2.05) is 48.5 Å². The minimum atomic E-state index is -0.335. The summed E-state index contributed by atoms with van der Waals surface area (Å²) in [6.07, 6.45) is 1.63. The first kappa shape index (κ1) is 25.8. The summed E-state index contributed by atoms with van der Waals surface area (Å²) >= 11 is 12.1. The lowest BCUT2D eigenvalue weighted by Gasteiger charge is -2.32. The molecule has 0 radical (unpaired) electrons. The van der Waals surface area contributed by atoms with Crippen molar-refractivity contribution in [1.82, 2.24) is 5.32 Å². The number of nitrogens with zero attached hydrogens (tertiary/aromatic N) is 1. The average molecular weight is 544 g/mol. The zero-order valence-electron chi connectivity index (χ0n) is 20.7. The van der Waals surface area contributed by atoms with Gasteiger partial charge in [0.2, 0.25) is 0 Å². The van der Waals surface area contributed by atoms with Crippen LogP contribution < -0.4 is 15.5 Å². The number of amides is 2. The molecular weight excluding hydrogens is 517 g/mol. The zero-order chi connectivity index (χ0) is 26.5. The van der Waals surface area contributed by atoms with Gasteiger partial charge in [-0.2, -0.15) is 0 Å². The number of carbonyl (C=O) groups is 2. The fraction of sp³-hybridized carbons (Fsp3) is 0.161. The summed E-state index contributed by atoms with van der Waals surface area (Å²) in [6, 6.07) is 28.6. The average Bonchev–Trinajstić information content (AvgIpc) is 2.94. The maximum absolute atomic E-state index is 13.5. The van der Waals surface area contributed by atoms with Gasteiger partial charge in [-0.15, -0.1) is 0 Å². The molecule has 1 aliphatic heterocycles. The number of nitrogens with one attached hydrogen (secondary N) is 2. The summed E-state index contributed by atoms with van der Waals surface area (Å²) in [5.41, 5.74) is 6.01. The molecule has 4 aromatic carbocycles. The Morgan fingerprint density at radius 2 is 1.55 bits per heavy atom. The fourth-order valence-electron chi connectivity index (χ4n) is 4.67. The molecule has 0 spiro atoms. The van der Waals surface area contributed by atoms with Crippen molar-refractivity contribution in [2.75, 3.05) is 23.3 Å². The Morgan fingerprint density at radius 3 is 2.34 bits per heavy atom. The summed E-state index contributed by atoms with van der Waals surface area (Å²) in [6.45, 7) is 2.02. The monoisotopic (exact) mass is 543 g/mol. The molecule has 0 unspecified atom stereocenters. The Hall–Kier alpha value is -3.80. The quantitative estimate of drug-likeness (QED) is 0.270. The zero-order valence-corrected chi connectivity index (χ0v) is 22.2. The molecule has 192 valence electrons. The molecular formula is C31H27Cl2N3O2. The van der Waals surface area contributed by atoms with Gasteiger partial charge in [0.25, 0.3) is 11.8 Å². The van der Waals surface area contributed by atoms with Crippen LogP contribution in [0.2, 0.25) is 10.0 Å². The van der Waals surface area contributed by atoms with E-state index in [9.17, 15) is 9.59 Å². The first-order valence-corrected chi connectivity index (χ1v) is 13.3. The maximum atomic E-state index is 13.5. The Bertz CT molecular complexity index is 1470. The van der Waals surface area contributed by atoms with Gasteiger partial charge in [0.05, 0.1) is 15.6 Å². The van der Waals surface area contributed by atoms with Gasteiger partial charge in [0.15, 0.2) is 0 Å². The predicted molar refractivity (Wildman–Crippen MR) is 155 cm³/mol. The Morgan fingerprint density at radius 1 is 0.789 bits per heavy atom. The summed E-state index contributed by atoms with van der Waals surface area (Å²) in [5.74, 6) is -0.515. The van der Waals surface area contributed by atoms with Crippen LogP contribution >= 0.6 is 23.2 Å². The molecule has 0 saturated heterocycles. The summed E-state index contributed by atoms with van der Waals surface area (Å²) in [7, 11) is 0. The van der Waals surface area contributed by atoms with E-state index in [2.05, 4.69) is 33.7 Å². The molecule has 2 N–H and O–H groups in total. The van der Waals surface area contributed by atoms with E-state index >= 15 is 0 Å². The SMILES string of the molecule is O=C(Nc1ccc(N2CCc3ccccc3C2)c(C(=O)NCCc2ccccc2)c1)c1ccc(Cl)c(Cl)c1. The van der Waals surface area contributed by atoms with Crippen molar-refractivity contribution in [2.24, 2.45) is 0 Å². The van der Waals surface area contributed by atoms with E-state index in [0.29, 0.717) is 33.4 Å². The Kier molecular flexibility index (Phi) is 7.97. The van der Waals surface area contributed by atoms with Crippen molar-refractivity contribution in [1.29, 1.82) is 0 Å². The second-order valence-corrected chi connectivity index (χ2v) is 10.1. The van der Waals surface area contributed by atoms with Gasteiger partial charge in [0, 0.05) is 36.6 Å². The van der Waals surface area contributed by atoms with Gasteiger partial charge < -0.3 is 15.5 Å². The lowest BCUT2D eigenvalue weighted by molar-refractivity contribution is 0.0953. The number of hydrogen-bond acceptors (Lipinski definition) is 3. The van der Waals surface area contributed by atoms with Gasteiger partial charge in [-0.1, -0.05) is 77.8 Å². The molecule has 0 bridgehead atoms. The first-order valence-electron chi connectivity index (χ1n) is 12.5. The number of anilines is 2. The van der Waals surface area contributed by atoms with Crippen molar-refractivity contribution in [3.63, 3.8) is 0 Å². The van der Waals surface area contributed by atoms with Crippen molar-refractivity contribution in [2.45, 2.75) is 19.4 Å². The highest BCUT2D eigenvalue weighted by atomic mass is 35.5. The van der Waals surface area contributed by atoms with E-state index in [1.54, 1.807) is 18.2 Å². The molecule has 1 heterocycles. The lowest BCUT2D eigenvalue weighted by Crippen LogP contribution is -2.33. The highest BCUT2D eigenvalue weighted by Gasteiger charge is 2.22. The van der Waals surface area contributed by atoms with Crippen LogP contribution in [0.5, 0.6) is 0 Å². The topological polar surface area (TPSA) is 61.4 Å². The number of carbonyl (C=O) groups excluding carboxylic acids is 2. The fourth-order valence-corrected chi connectivity index (χ4v) is 4.97. The van der Waals surface area contributed by atoms with Gasteiger partial charge in [-0.25, -0.2) is 0 Å². The second-order valence-electron chi connectivity index (χ2n) is 9.25. The molecule has 5 nitrogen and oxygen atoms in total. The van der Waals surface area contributed by atoms with Crippen LogP contribution in [0.25, 0.3) is 0 Å². The van der Waals surface area contributed by atoms with Crippen LogP contribution in [0.3, 0.4) is 0 Å². The molecule has 0 aromatic heterocycles. The van der Waals surface area contributed by atoms with E-state index in [1.165, 1.54) is 17.2 Å². The second kappa shape index (κ2) is 11.7. The van der Waals surface area contributed by atoms with E-state index in [-0.39, 0.29) is 11.8 Å². The summed E-state index contributed by atoms with van der Waals surface area (Å²) < 4.78 is 0. The third-order valence-electron chi connectivity index (χ3n) is 6.69. The van der Waals surface area contributed by atoms with Crippen LogP contribution in [0.1, 0.15) is 37.4 Å². The predicted octanol–water partition coefficient (Wildman–Crippen LogP) is 6.78. The smallest absolute Gasteiger partial charge is 0.255 e. The number of hydrogen-bond donors (Lipinski definition) is 2. The molecule has 5 rings (SSSR count). The normalized spacial score (nSPS) is 12.5. The van der Waals surface area contributed by atoms with Gasteiger partial charge in [-0.3, -0.25) is 9.59 Å².